The van der Waals surface area contributed by atoms with Crippen LogP contribution in [0.15, 0.2) is 42.9 Å². The fraction of sp³-hybridized carbons (Fsp3) is 0.385. The van der Waals surface area contributed by atoms with E-state index in [1.165, 1.54) is 0 Å². The molecule has 1 saturated heterocycles. The molecule has 32 heavy (non-hydrogen) atoms. The lowest BCUT2D eigenvalue weighted by Crippen LogP contribution is -2.40. The summed E-state index contributed by atoms with van der Waals surface area (Å²) in [5, 5.41) is 0. The molecule has 1 amide bonds. The molecular formula is C26H30N4O2. The van der Waals surface area contributed by atoms with Crippen LogP contribution in [0.4, 0.5) is 0 Å². The van der Waals surface area contributed by atoms with Crippen molar-refractivity contribution in [3.05, 3.63) is 71.1 Å². The first-order valence-corrected chi connectivity index (χ1v) is 11.2. The molecule has 1 fully saturated rings. The fourth-order valence-corrected chi connectivity index (χ4v) is 4.55. The summed E-state index contributed by atoms with van der Waals surface area (Å²) in [4.78, 5) is 29.1. The molecule has 1 aliphatic heterocycles. The van der Waals surface area contributed by atoms with E-state index in [1.54, 1.807) is 13.3 Å². The van der Waals surface area contributed by atoms with Gasteiger partial charge in [-0.25, -0.2) is 9.97 Å². The number of rotatable bonds is 5. The molecule has 3 aromatic rings. The van der Waals surface area contributed by atoms with Crippen LogP contribution < -0.4 is 4.74 Å². The van der Waals surface area contributed by atoms with Crippen LogP contribution in [0, 0.1) is 20.8 Å². The fourth-order valence-electron chi connectivity index (χ4n) is 4.55. The van der Waals surface area contributed by atoms with Gasteiger partial charge >= 0.3 is 0 Å². The molecule has 166 valence electrons. The molecule has 1 aromatic carbocycles. The number of pyridine rings is 1. The van der Waals surface area contributed by atoms with Crippen LogP contribution in [-0.2, 0) is 11.2 Å². The van der Waals surface area contributed by atoms with Crippen molar-refractivity contribution in [2.45, 2.75) is 52.5 Å². The molecule has 1 aliphatic rings. The molecule has 0 bridgehead atoms. The minimum Gasteiger partial charge on any atom is -0.496 e. The van der Waals surface area contributed by atoms with Crippen molar-refractivity contribution < 1.29 is 9.53 Å². The summed E-state index contributed by atoms with van der Waals surface area (Å²) >= 11 is 0. The second kappa shape index (κ2) is 9.47. The number of carbonyl (C=O) groups is 1. The number of carbonyl (C=O) groups excluding carboxylic acids is 1. The van der Waals surface area contributed by atoms with Gasteiger partial charge in [0.2, 0.25) is 5.91 Å². The van der Waals surface area contributed by atoms with Gasteiger partial charge in [0.1, 0.15) is 11.6 Å². The van der Waals surface area contributed by atoms with Crippen LogP contribution in [0.3, 0.4) is 0 Å². The van der Waals surface area contributed by atoms with Gasteiger partial charge in [0.25, 0.3) is 0 Å². The van der Waals surface area contributed by atoms with Crippen LogP contribution in [0.25, 0.3) is 11.1 Å². The summed E-state index contributed by atoms with van der Waals surface area (Å²) in [5.41, 5.74) is 6.08. The van der Waals surface area contributed by atoms with Gasteiger partial charge in [-0.2, -0.15) is 0 Å². The first kappa shape index (κ1) is 21.9. The Hall–Kier alpha value is -3.28. The predicted octanol–water partition coefficient (Wildman–Crippen LogP) is 4.77. The average Bonchev–Trinajstić information content (AvgIpc) is 2.80. The highest BCUT2D eigenvalue weighted by molar-refractivity contribution is 5.81. The summed E-state index contributed by atoms with van der Waals surface area (Å²) in [5.74, 6) is 1.57. The maximum atomic E-state index is 13.5. The number of benzene rings is 1. The molecular weight excluding hydrogens is 400 g/mol. The predicted molar refractivity (Wildman–Crippen MR) is 124 cm³/mol. The van der Waals surface area contributed by atoms with E-state index in [2.05, 4.69) is 9.97 Å². The molecule has 2 aromatic heterocycles. The number of aromatic nitrogens is 3. The largest absolute Gasteiger partial charge is 0.496 e. The van der Waals surface area contributed by atoms with Gasteiger partial charge in [-0.1, -0.05) is 17.7 Å². The third kappa shape index (κ3) is 4.49. The molecule has 0 saturated carbocycles. The Bertz CT molecular complexity index is 1130. The monoisotopic (exact) mass is 430 g/mol. The number of methoxy groups -OCH3 is 1. The minimum atomic E-state index is -0.0729. The van der Waals surface area contributed by atoms with Crippen LogP contribution in [-0.4, -0.2) is 39.4 Å². The second-order valence-corrected chi connectivity index (χ2v) is 8.50. The number of piperidine rings is 1. The molecule has 6 heteroatoms. The highest BCUT2D eigenvalue weighted by atomic mass is 16.5. The van der Waals surface area contributed by atoms with E-state index in [0.29, 0.717) is 12.2 Å². The van der Waals surface area contributed by atoms with Gasteiger partial charge in [0.05, 0.1) is 25.3 Å². The van der Waals surface area contributed by atoms with Gasteiger partial charge in [0, 0.05) is 36.3 Å². The molecule has 0 aliphatic carbocycles. The third-order valence-corrected chi connectivity index (χ3v) is 6.17. The van der Waals surface area contributed by atoms with E-state index in [1.807, 2.05) is 62.3 Å². The van der Waals surface area contributed by atoms with Gasteiger partial charge < -0.3 is 9.64 Å². The first-order chi connectivity index (χ1) is 15.5. The van der Waals surface area contributed by atoms with E-state index in [4.69, 9.17) is 9.72 Å². The van der Waals surface area contributed by atoms with E-state index in [0.717, 1.165) is 65.1 Å². The second-order valence-electron chi connectivity index (χ2n) is 8.50. The van der Waals surface area contributed by atoms with Crippen molar-refractivity contribution in [3.63, 3.8) is 0 Å². The summed E-state index contributed by atoms with van der Waals surface area (Å²) in [6.45, 7) is 6.71. The Kier molecular flexibility index (Phi) is 6.49. The average molecular weight is 431 g/mol. The van der Waals surface area contributed by atoms with Crippen molar-refractivity contribution in [3.8, 4) is 16.9 Å². The van der Waals surface area contributed by atoms with E-state index in [-0.39, 0.29) is 11.9 Å². The zero-order chi connectivity index (χ0) is 22.7. The van der Waals surface area contributed by atoms with Crippen LogP contribution in [0.2, 0.25) is 0 Å². The quantitative estimate of drug-likeness (QED) is 0.583. The number of ether oxygens (including phenoxy) is 1. The molecule has 0 spiro atoms. The zero-order valence-corrected chi connectivity index (χ0v) is 19.3. The van der Waals surface area contributed by atoms with Gasteiger partial charge in [-0.15, -0.1) is 0 Å². The van der Waals surface area contributed by atoms with Crippen LogP contribution in [0.1, 0.15) is 53.5 Å². The number of hydrogen-bond donors (Lipinski definition) is 0. The summed E-state index contributed by atoms with van der Waals surface area (Å²) in [7, 11) is 1.65. The third-order valence-electron chi connectivity index (χ3n) is 6.17. The summed E-state index contributed by atoms with van der Waals surface area (Å²) in [6, 6.07) is 7.90. The maximum Gasteiger partial charge on any atom is 0.227 e. The Morgan fingerprint density at radius 3 is 2.75 bits per heavy atom. The molecule has 0 radical (unpaired) electrons. The topological polar surface area (TPSA) is 68.2 Å². The van der Waals surface area contributed by atoms with Crippen molar-refractivity contribution >= 4 is 5.91 Å². The number of hydrogen-bond acceptors (Lipinski definition) is 5. The van der Waals surface area contributed by atoms with E-state index >= 15 is 0 Å². The van der Waals surface area contributed by atoms with Crippen LogP contribution >= 0.6 is 0 Å². The smallest absolute Gasteiger partial charge is 0.227 e. The maximum absolute atomic E-state index is 13.5. The Balaban J connectivity index is 1.71. The highest BCUT2D eigenvalue weighted by Gasteiger charge is 2.31. The lowest BCUT2D eigenvalue weighted by Gasteiger charge is -2.36. The van der Waals surface area contributed by atoms with E-state index in [9.17, 15) is 4.79 Å². The van der Waals surface area contributed by atoms with Gasteiger partial charge in [-0.3, -0.25) is 9.78 Å². The van der Waals surface area contributed by atoms with Gasteiger partial charge in [-0.05, 0) is 63.3 Å². The molecule has 1 atom stereocenters. The first-order valence-electron chi connectivity index (χ1n) is 11.2. The molecule has 0 unspecified atom stereocenters. The molecule has 3 heterocycles. The van der Waals surface area contributed by atoms with Gasteiger partial charge in [0.15, 0.2) is 0 Å². The van der Waals surface area contributed by atoms with Crippen molar-refractivity contribution in [2.24, 2.45) is 0 Å². The Morgan fingerprint density at radius 2 is 1.97 bits per heavy atom. The molecule has 0 N–H and O–H groups in total. The van der Waals surface area contributed by atoms with E-state index < -0.39 is 0 Å². The number of nitrogens with zero attached hydrogens (tertiary/aromatic N) is 4. The minimum absolute atomic E-state index is 0.0729. The summed E-state index contributed by atoms with van der Waals surface area (Å²) < 4.78 is 5.51. The van der Waals surface area contributed by atoms with Crippen molar-refractivity contribution in [1.29, 1.82) is 0 Å². The molecule has 6 nitrogen and oxygen atoms in total. The molecule has 4 rings (SSSR count). The SMILES string of the molecule is COc1ccc(C)cc1CC(=O)N1CCCC[C@H]1c1nc(C)ncc1-c1ccncc1C. The highest BCUT2D eigenvalue weighted by Crippen LogP contribution is 2.37. The number of aryl methyl sites for hydroxylation is 3. The number of likely N-dealkylation sites (tertiary alicyclic amines) is 1. The Morgan fingerprint density at radius 1 is 1.12 bits per heavy atom. The Labute approximate surface area is 189 Å². The summed E-state index contributed by atoms with van der Waals surface area (Å²) in [6.07, 6.45) is 8.81. The normalized spacial score (nSPS) is 16.1. The van der Waals surface area contributed by atoms with Crippen molar-refractivity contribution in [1.82, 2.24) is 19.9 Å². The lowest BCUT2D eigenvalue weighted by molar-refractivity contribution is -0.134. The van der Waals surface area contributed by atoms with Crippen molar-refractivity contribution in [2.75, 3.05) is 13.7 Å². The standard InChI is InChI=1S/C26H30N4O2/c1-17-8-9-24(32-4)20(13-17)14-25(31)30-12-6-5-7-23(30)26-22(16-28-19(3)29-26)21-10-11-27-15-18(21)2/h8-11,13,15-16,23H,5-7,12,14H2,1-4H3/t23-/m0/s1. The number of amides is 1. The van der Waals surface area contributed by atoms with Crippen LogP contribution in [0.5, 0.6) is 5.75 Å². The lowest BCUT2D eigenvalue weighted by atomic mass is 9.92. The zero-order valence-electron chi connectivity index (χ0n) is 19.3.